The lowest BCUT2D eigenvalue weighted by Gasteiger charge is -2.42. The van der Waals surface area contributed by atoms with E-state index in [1.54, 1.807) is 42.6 Å². The highest BCUT2D eigenvalue weighted by atomic mass is 19.4. The summed E-state index contributed by atoms with van der Waals surface area (Å²) in [6, 6.07) is 4.37. The first-order valence-corrected chi connectivity index (χ1v) is 11.4. The fourth-order valence-electron chi connectivity index (χ4n) is 4.55. The fraction of sp³-hybridized carbons (Fsp3) is 0.458. The zero-order chi connectivity index (χ0) is 25.3. The van der Waals surface area contributed by atoms with Crippen LogP contribution in [0.15, 0.2) is 42.9 Å². The molecule has 1 aliphatic rings. The lowest BCUT2D eigenvalue weighted by molar-refractivity contribution is -0.176. The van der Waals surface area contributed by atoms with Crippen molar-refractivity contribution in [3.8, 4) is 17.1 Å². The molecule has 1 N–H and O–H groups in total. The van der Waals surface area contributed by atoms with Gasteiger partial charge in [-0.2, -0.15) is 13.2 Å². The molecule has 1 aliphatic heterocycles. The predicted octanol–water partition coefficient (Wildman–Crippen LogP) is 3.99. The maximum absolute atomic E-state index is 13.7. The Labute approximate surface area is 201 Å². The number of rotatable bonds is 7. The predicted molar refractivity (Wildman–Crippen MR) is 125 cm³/mol. The zero-order valence-electron chi connectivity index (χ0n) is 20.1. The molecular weight excluding hydrogens is 461 g/mol. The number of nitrogens with zero attached hydrogens (tertiary/aromatic N) is 5. The standard InChI is InChI=1S/C24H29F3N6O2/c1-5-33(23(34)30-20(24(25,26)27)18-12-31(3)13-18)15(2)16-7-6-8-17(11-16)19-14-32-10-9-28-21(32)22(29-19)35-4/h6-11,14-15,18,20H,5,12-13H2,1-4H3,(H,30,34)/t15-,20?/m1/s1. The van der Waals surface area contributed by atoms with Gasteiger partial charge in [-0.15, -0.1) is 0 Å². The van der Waals surface area contributed by atoms with Gasteiger partial charge in [-0.3, -0.25) is 0 Å². The average Bonchev–Trinajstić information content (AvgIpc) is 3.28. The summed E-state index contributed by atoms with van der Waals surface area (Å²) in [6.45, 7) is 4.39. The number of hydrogen-bond donors (Lipinski definition) is 1. The van der Waals surface area contributed by atoms with Gasteiger partial charge in [0.25, 0.3) is 5.88 Å². The summed E-state index contributed by atoms with van der Waals surface area (Å²) < 4.78 is 48.2. The number of alkyl halides is 3. The van der Waals surface area contributed by atoms with Crippen LogP contribution >= 0.6 is 0 Å². The zero-order valence-corrected chi connectivity index (χ0v) is 20.1. The van der Waals surface area contributed by atoms with Crippen LogP contribution in [-0.4, -0.2) is 76.2 Å². The van der Waals surface area contributed by atoms with Crippen molar-refractivity contribution in [3.63, 3.8) is 0 Å². The van der Waals surface area contributed by atoms with Crippen molar-refractivity contribution in [2.75, 3.05) is 33.8 Å². The van der Waals surface area contributed by atoms with Gasteiger partial charge in [0.15, 0.2) is 5.65 Å². The molecule has 2 atom stereocenters. The van der Waals surface area contributed by atoms with Crippen LogP contribution in [-0.2, 0) is 0 Å². The van der Waals surface area contributed by atoms with Crippen LogP contribution < -0.4 is 10.1 Å². The highest BCUT2D eigenvalue weighted by Crippen LogP contribution is 2.32. The number of carbonyl (C=O) groups is 1. The lowest BCUT2D eigenvalue weighted by atomic mass is 9.91. The van der Waals surface area contributed by atoms with Gasteiger partial charge in [0.1, 0.15) is 6.04 Å². The maximum Gasteiger partial charge on any atom is 0.409 e. The first-order chi connectivity index (χ1) is 16.6. The van der Waals surface area contributed by atoms with Crippen molar-refractivity contribution >= 4 is 11.7 Å². The number of carbonyl (C=O) groups excluding carboxylic acids is 1. The number of fused-ring (bicyclic) bond motifs is 1. The Balaban J connectivity index is 1.57. The second kappa shape index (κ2) is 9.73. The molecule has 0 aliphatic carbocycles. The number of benzene rings is 1. The van der Waals surface area contributed by atoms with Crippen LogP contribution in [0.4, 0.5) is 18.0 Å². The topological polar surface area (TPSA) is 75.0 Å². The Morgan fingerprint density at radius 2 is 2.09 bits per heavy atom. The summed E-state index contributed by atoms with van der Waals surface area (Å²) in [5, 5.41) is 2.26. The van der Waals surface area contributed by atoms with E-state index in [0.717, 1.165) is 11.1 Å². The third-order valence-electron chi connectivity index (χ3n) is 6.47. The molecular formula is C24H29F3N6O2. The molecule has 0 radical (unpaired) electrons. The number of ether oxygens (including phenoxy) is 1. The summed E-state index contributed by atoms with van der Waals surface area (Å²) in [7, 11) is 3.28. The third-order valence-corrected chi connectivity index (χ3v) is 6.47. The van der Waals surface area contributed by atoms with E-state index in [4.69, 9.17) is 4.74 Å². The van der Waals surface area contributed by atoms with Crippen molar-refractivity contribution in [3.05, 3.63) is 48.4 Å². The van der Waals surface area contributed by atoms with Crippen LogP contribution in [0.2, 0.25) is 0 Å². The minimum atomic E-state index is -4.51. The Bertz CT molecular complexity index is 1190. The van der Waals surface area contributed by atoms with Crippen LogP contribution in [0.5, 0.6) is 5.88 Å². The van der Waals surface area contributed by atoms with Gasteiger partial charge in [0, 0.05) is 49.7 Å². The quantitative estimate of drug-likeness (QED) is 0.542. The summed E-state index contributed by atoms with van der Waals surface area (Å²) >= 11 is 0. The molecule has 0 spiro atoms. The first kappa shape index (κ1) is 24.8. The minimum Gasteiger partial charge on any atom is -0.478 e. The van der Waals surface area contributed by atoms with Crippen LogP contribution in [0.25, 0.3) is 16.9 Å². The van der Waals surface area contributed by atoms with Gasteiger partial charge in [-0.05, 0) is 32.5 Å². The fourth-order valence-corrected chi connectivity index (χ4v) is 4.55. The molecule has 2 aromatic heterocycles. The van der Waals surface area contributed by atoms with Crippen molar-refractivity contribution in [1.82, 2.24) is 29.5 Å². The van der Waals surface area contributed by atoms with E-state index >= 15 is 0 Å². The number of urea groups is 1. The van der Waals surface area contributed by atoms with Gasteiger partial charge in [0.05, 0.1) is 18.8 Å². The Kier molecular flexibility index (Phi) is 6.88. The normalized spacial score (nSPS) is 16.5. The van der Waals surface area contributed by atoms with Crippen molar-refractivity contribution in [2.45, 2.75) is 32.1 Å². The van der Waals surface area contributed by atoms with Crippen LogP contribution in [0.1, 0.15) is 25.5 Å². The van der Waals surface area contributed by atoms with Crippen LogP contribution in [0, 0.1) is 5.92 Å². The first-order valence-electron chi connectivity index (χ1n) is 11.4. The van der Waals surface area contributed by atoms with Crippen molar-refractivity contribution in [2.24, 2.45) is 5.92 Å². The molecule has 3 aromatic rings. The van der Waals surface area contributed by atoms with Gasteiger partial charge >= 0.3 is 12.2 Å². The van der Waals surface area contributed by atoms with E-state index in [1.165, 1.54) is 12.0 Å². The van der Waals surface area contributed by atoms with Gasteiger partial charge in [-0.25, -0.2) is 14.8 Å². The molecule has 188 valence electrons. The molecule has 3 heterocycles. The monoisotopic (exact) mass is 490 g/mol. The van der Waals surface area contributed by atoms with E-state index in [0.29, 0.717) is 30.3 Å². The number of imidazole rings is 1. The molecule has 4 rings (SSSR count). The number of nitrogens with one attached hydrogen (secondary N) is 1. The maximum atomic E-state index is 13.7. The Hall–Kier alpha value is -3.34. The molecule has 1 saturated heterocycles. The molecule has 1 fully saturated rings. The highest BCUT2D eigenvalue weighted by Gasteiger charge is 2.49. The molecule has 11 heteroatoms. The number of likely N-dealkylation sites (tertiary alicyclic amines) is 1. The van der Waals surface area contributed by atoms with Gasteiger partial charge in [0.2, 0.25) is 0 Å². The minimum absolute atomic E-state index is 0.249. The number of halogens is 3. The second-order valence-electron chi connectivity index (χ2n) is 8.83. The number of amides is 2. The number of methoxy groups -OCH3 is 1. The van der Waals surface area contributed by atoms with Crippen LogP contribution in [0.3, 0.4) is 0 Å². The smallest absolute Gasteiger partial charge is 0.409 e. The van der Waals surface area contributed by atoms with E-state index < -0.39 is 30.2 Å². The van der Waals surface area contributed by atoms with E-state index in [1.807, 2.05) is 30.5 Å². The van der Waals surface area contributed by atoms with Crippen molar-refractivity contribution in [1.29, 1.82) is 0 Å². The highest BCUT2D eigenvalue weighted by molar-refractivity contribution is 5.75. The average molecular weight is 491 g/mol. The summed E-state index contributed by atoms with van der Waals surface area (Å²) in [5.74, 6) is -0.277. The number of hydrogen-bond acceptors (Lipinski definition) is 5. The molecule has 35 heavy (non-hydrogen) atoms. The summed E-state index contributed by atoms with van der Waals surface area (Å²) in [5.41, 5.74) is 2.79. The second-order valence-corrected chi connectivity index (χ2v) is 8.83. The largest absolute Gasteiger partial charge is 0.478 e. The molecule has 2 amide bonds. The molecule has 0 saturated carbocycles. The Morgan fingerprint density at radius 3 is 2.71 bits per heavy atom. The van der Waals surface area contributed by atoms with Gasteiger partial charge < -0.3 is 24.3 Å². The summed E-state index contributed by atoms with van der Waals surface area (Å²) in [6.07, 6.45) is 0.744. The van der Waals surface area contributed by atoms with Gasteiger partial charge in [-0.1, -0.05) is 18.2 Å². The molecule has 1 aromatic carbocycles. The number of aromatic nitrogens is 3. The molecule has 1 unspecified atom stereocenters. The lowest BCUT2D eigenvalue weighted by Crippen LogP contribution is -2.62. The van der Waals surface area contributed by atoms with E-state index in [9.17, 15) is 18.0 Å². The molecule has 0 bridgehead atoms. The Morgan fingerprint density at radius 1 is 1.34 bits per heavy atom. The SMILES string of the molecule is CCN(C(=O)NC(C1CN(C)C1)C(F)(F)F)[C@H](C)c1cccc(-c2cn3ccnc3c(OC)n2)c1. The summed E-state index contributed by atoms with van der Waals surface area (Å²) in [4.78, 5) is 25.0. The third kappa shape index (κ3) is 5.04. The van der Waals surface area contributed by atoms with Crippen molar-refractivity contribution < 1.29 is 22.7 Å². The van der Waals surface area contributed by atoms with E-state index in [2.05, 4.69) is 15.3 Å². The molecule has 8 nitrogen and oxygen atoms in total. The van der Waals surface area contributed by atoms with E-state index in [-0.39, 0.29) is 6.54 Å².